The summed E-state index contributed by atoms with van der Waals surface area (Å²) in [7, 11) is 0. The van der Waals surface area contributed by atoms with Crippen LogP contribution in [0.5, 0.6) is 0 Å². The smallest absolute Gasteiger partial charge is 0.0714 e. The van der Waals surface area contributed by atoms with Crippen LogP contribution in [0.4, 0.5) is 0 Å². The Balaban J connectivity index is 1.06. The molecule has 0 amide bonds. The molecule has 10 rings (SSSR count). The van der Waals surface area contributed by atoms with Crippen molar-refractivity contribution in [3.05, 3.63) is 188 Å². The molecule has 0 saturated heterocycles. The molecule has 0 radical (unpaired) electrons. The van der Waals surface area contributed by atoms with E-state index in [1.54, 1.807) is 0 Å². The van der Waals surface area contributed by atoms with Gasteiger partial charge in [-0.3, -0.25) is 4.98 Å². The Morgan fingerprint density at radius 3 is 1.40 bits per heavy atom. The van der Waals surface area contributed by atoms with Crippen LogP contribution in [0.25, 0.3) is 98.5 Å². The lowest BCUT2D eigenvalue weighted by atomic mass is 9.87. The summed E-state index contributed by atoms with van der Waals surface area (Å²) in [5, 5.41) is 12.7. The molecule has 0 saturated carbocycles. The molecule has 1 heterocycles. The molecule has 0 atom stereocenters. The third-order valence-electron chi connectivity index (χ3n) is 10.3. The molecule has 0 bridgehead atoms. The van der Waals surface area contributed by atoms with Crippen molar-refractivity contribution >= 4 is 53.9 Å². The Morgan fingerprint density at radius 2 is 0.780 bits per heavy atom. The summed E-state index contributed by atoms with van der Waals surface area (Å²) in [5.74, 6) is 0. The standard InChI is InChI=1S/C49H31N/c1-2-12-38-34(11-1)26-29-37-31-45(39-13-3-4-14-40(39)48(37)38)35-24-20-32(21-25-35)33-22-27-36(28-23-33)47-41-15-5-7-17-43(41)49(46-19-9-10-30-50-46)44-18-8-6-16-42(44)47/h1-31H. The van der Waals surface area contributed by atoms with Gasteiger partial charge in [0.2, 0.25) is 0 Å². The van der Waals surface area contributed by atoms with E-state index in [1.165, 1.54) is 92.8 Å². The SMILES string of the molecule is c1ccc(-c2c3ccccc3c(-c3ccc(-c4ccc(-c5cc6ccc7ccccc7c6c6ccccc56)cc4)cc3)c3ccccc23)nc1. The topological polar surface area (TPSA) is 12.9 Å². The minimum absolute atomic E-state index is 0.996. The second kappa shape index (κ2) is 11.5. The lowest BCUT2D eigenvalue weighted by Crippen LogP contribution is -1.92. The first-order chi connectivity index (χ1) is 24.8. The van der Waals surface area contributed by atoms with Crippen LogP contribution in [0.1, 0.15) is 0 Å². The Hall–Kier alpha value is -6.57. The molecule has 0 fully saturated rings. The van der Waals surface area contributed by atoms with E-state index < -0.39 is 0 Å². The van der Waals surface area contributed by atoms with Crippen LogP contribution < -0.4 is 0 Å². The fourth-order valence-electron chi connectivity index (χ4n) is 8.01. The number of fused-ring (bicyclic) bond motifs is 7. The number of rotatable bonds is 4. The van der Waals surface area contributed by atoms with Crippen LogP contribution in [-0.2, 0) is 0 Å². The van der Waals surface area contributed by atoms with Gasteiger partial charge in [-0.05, 0) is 105 Å². The van der Waals surface area contributed by atoms with Gasteiger partial charge in [0.15, 0.2) is 0 Å². The summed E-state index contributed by atoms with van der Waals surface area (Å²) in [4.78, 5) is 4.76. The van der Waals surface area contributed by atoms with Gasteiger partial charge in [-0.15, -0.1) is 0 Å². The number of hydrogen-bond acceptors (Lipinski definition) is 1. The van der Waals surface area contributed by atoms with Crippen LogP contribution >= 0.6 is 0 Å². The van der Waals surface area contributed by atoms with Crippen molar-refractivity contribution in [2.24, 2.45) is 0 Å². The van der Waals surface area contributed by atoms with Gasteiger partial charge in [0, 0.05) is 11.8 Å². The molecule has 1 nitrogen and oxygen atoms in total. The van der Waals surface area contributed by atoms with Crippen molar-refractivity contribution in [3.8, 4) is 44.6 Å². The lowest BCUT2D eigenvalue weighted by Gasteiger charge is -2.17. The van der Waals surface area contributed by atoms with Crippen molar-refractivity contribution in [1.29, 1.82) is 0 Å². The predicted octanol–water partition coefficient (Wildman–Crippen LogP) is 13.5. The maximum atomic E-state index is 4.76. The van der Waals surface area contributed by atoms with E-state index in [2.05, 4.69) is 176 Å². The van der Waals surface area contributed by atoms with E-state index in [0.29, 0.717) is 0 Å². The summed E-state index contributed by atoms with van der Waals surface area (Å²) in [5.41, 5.74) is 9.54. The zero-order chi connectivity index (χ0) is 33.0. The van der Waals surface area contributed by atoms with E-state index in [0.717, 1.165) is 5.69 Å². The first-order valence-electron chi connectivity index (χ1n) is 17.2. The van der Waals surface area contributed by atoms with Crippen LogP contribution in [0.3, 0.4) is 0 Å². The van der Waals surface area contributed by atoms with Gasteiger partial charge in [0.05, 0.1) is 5.69 Å². The molecule has 0 N–H and O–H groups in total. The number of pyridine rings is 1. The molecule has 9 aromatic carbocycles. The molecular formula is C49H31N. The van der Waals surface area contributed by atoms with E-state index >= 15 is 0 Å². The molecule has 1 heteroatoms. The fourth-order valence-corrected chi connectivity index (χ4v) is 8.01. The number of hydrogen-bond donors (Lipinski definition) is 0. The number of nitrogens with zero attached hydrogens (tertiary/aromatic N) is 1. The highest BCUT2D eigenvalue weighted by Gasteiger charge is 2.17. The predicted molar refractivity (Wildman–Crippen MR) is 214 cm³/mol. The van der Waals surface area contributed by atoms with E-state index in [-0.39, 0.29) is 0 Å². The summed E-state index contributed by atoms with van der Waals surface area (Å²) >= 11 is 0. The molecule has 0 spiro atoms. The average molecular weight is 634 g/mol. The van der Waals surface area contributed by atoms with Gasteiger partial charge < -0.3 is 0 Å². The third kappa shape index (κ3) is 4.52. The highest BCUT2D eigenvalue weighted by molar-refractivity contribution is 6.23. The molecule has 50 heavy (non-hydrogen) atoms. The van der Waals surface area contributed by atoms with Crippen molar-refractivity contribution < 1.29 is 0 Å². The minimum Gasteiger partial charge on any atom is -0.256 e. The number of aromatic nitrogens is 1. The molecule has 0 unspecified atom stereocenters. The quantitative estimate of drug-likeness (QED) is 0.139. The molecule has 10 aromatic rings. The lowest BCUT2D eigenvalue weighted by molar-refractivity contribution is 1.34. The highest BCUT2D eigenvalue weighted by atomic mass is 14.7. The Kier molecular flexibility index (Phi) is 6.57. The summed E-state index contributed by atoms with van der Waals surface area (Å²) in [6.07, 6.45) is 1.88. The van der Waals surface area contributed by atoms with E-state index in [9.17, 15) is 0 Å². The Labute approximate surface area is 290 Å². The van der Waals surface area contributed by atoms with Crippen molar-refractivity contribution in [3.63, 3.8) is 0 Å². The third-order valence-corrected chi connectivity index (χ3v) is 10.3. The fraction of sp³-hybridized carbons (Fsp3) is 0. The zero-order valence-electron chi connectivity index (χ0n) is 27.3. The summed E-state index contributed by atoms with van der Waals surface area (Å²) in [6.45, 7) is 0. The van der Waals surface area contributed by atoms with Crippen LogP contribution in [0, 0.1) is 0 Å². The monoisotopic (exact) mass is 633 g/mol. The van der Waals surface area contributed by atoms with Gasteiger partial charge in [0.25, 0.3) is 0 Å². The molecule has 1 aromatic heterocycles. The molecule has 0 aliphatic carbocycles. The van der Waals surface area contributed by atoms with Gasteiger partial charge >= 0.3 is 0 Å². The normalized spacial score (nSPS) is 11.6. The Morgan fingerprint density at radius 1 is 0.300 bits per heavy atom. The van der Waals surface area contributed by atoms with Gasteiger partial charge in [-0.25, -0.2) is 0 Å². The van der Waals surface area contributed by atoms with Crippen molar-refractivity contribution in [2.45, 2.75) is 0 Å². The van der Waals surface area contributed by atoms with Gasteiger partial charge in [-0.2, -0.15) is 0 Å². The number of benzene rings is 9. The van der Waals surface area contributed by atoms with Gasteiger partial charge in [-0.1, -0.05) is 164 Å². The van der Waals surface area contributed by atoms with Gasteiger partial charge in [0.1, 0.15) is 0 Å². The second-order valence-electron chi connectivity index (χ2n) is 13.1. The largest absolute Gasteiger partial charge is 0.256 e. The minimum atomic E-state index is 0.996. The zero-order valence-corrected chi connectivity index (χ0v) is 27.3. The maximum Gasteiger partial charge on any atom is 0.0714 e. The van der Waals surface area contributed by atoms with Crippen molar-refractivity contribution in [2.75, 3.05) is 0 Å². The van der Waals surface area contributed by atoms with Crippen molar-refractivity contribution in [1.82, 2.24) is 4.98 Å². The summed E-state index contributed by atoms with van der Waals surface area (Å²) < 4.78 is 0. The molecule has 0 aliphatic rings. The molecule has 0 aliphatic heterocycles. The second-order valence-corrected chi connectivity index (χ2v) is 13.1. The molecular weight excluding hydrogens is 603 g/mol. The first kappa shape index (κ1) is 28.4. The average Bonchev–Trinajstić information content (AvgIpc) is 3.20. The van der Waals surface area contributed by atoms with E-state index in [4.69, 9.17) is 4.98 Å². The van der Waals surface area contributed by atoms with E-state index in [1.807, 2.05) is 12.3 Å². The Bertz CT molecular complexity index is 2830. The molecule has 232 valence electrons. The first-order valence-corrected chi connectivity index (χ1v) is 17.2. The maximum absolute atomic E-state index is 4.76. The van der Waals surface area contributed by atoms with Crippen LogP contribution in [-0.4, -0.2) is 4.98 Å². The van der Waals surface area contributed by atoms with Crippen LogP contribution in [0.15, 0.2) is 188 Å². The summed E-state index contributed by atoms with van der Waals surface area (Å²) in [6, 6.07) is 66.2. The highest BCUT2D eigenvalue weighted by Crippen LogP contribution is 2.44. The van der Waals surface area contributed by atoms with Crippen LogP contribution in [0.2, 0.25) is 0 Å².